The highest BCUT2D eigenvalue weighted by Gasteiger charge is 2.10. The van der Waals surface area contributed by atoms with Gasteiger partial charge in [0.2, 0.25) is 5.91 Å². The van der Waals surface area contributed by atoms with E-state index in [1.54, 1.807) is 18.2 Å². The van der Waals surface area contributed by atoms with E-state index in [9.17, 15) is 14.9 Å². The van der Waals surface area contributed by atoms with Crippen molar-refractivity contribution >= 4 is 17.7 Å². The number of nitro benzene ring substituents is 1. The smallest absolute Gasteiger partial charge is 0.270 e. The lowest BCUT2D eigenvalue weighted by molar-refractivity contribution is -0.384. The molecular weight excluding hydrogens is 328 g/mol. The van der Waals surface area contributed by atoms with Gasteiger partial charge >= 0.3 is 0 Å². The number of rotatable bonds is 5. The first kappa shape index (κ1) is 17.1. The van der Waals surface area contributed by atoms with Gasteiger partial charge in [-0.2, -0.15) is 0 Å². The fraction of sp³-hybridized carbons (Fsp3) is 0. The van der Waals surface area contributed by atoms with Crippen molar-refractivity contribution < 1.29 is 9.72 Å². The van der Waals surface area contributed by atoms with E-state index >= 15 is 0 Å². The van der Waals surface area contributed by atoms with E-state index in [2.05, 4.69) is 0 Å². The fourth-order valence-electron chi connectivity index (χ4n) is 2.73. The lowest BCUT2D eigenvalue weighted by atomic mass is 9.94. The molecule has 5 heteroatoms. The molecule has 0 atom stereocenters. The van der Waals surface area contributed by atoms with Crippen LogP contribution in [0.25, 0.3) is 28.3 Å². The van der Waals surface area contributed by atoms with Gasteiger partial charge in [0.05, 0.1) is 4.92 Å². The number of hydrogen-bond donors (Lipinski definition) is 1. The highest BCUT2D eigenvalue weighted by atomic mass is 16.6. The molecule has 0 bridgehead atoms. The van der Waals surface area contributed by atoms with Crippen LogP contribution in [0.4, 0.5) is 5.69 Å². The summed E-state index contributed by atoms with van der Waals surface area (Å²) in [5.41, 5.74) is 9.49. The first-order valence-corrected chi connectivity index (χ1v) is 7.96. The molecule has 0 heterocycles. The molecule has 128 valence electrons. The summed E-state index contributed by atoms with van der Waals surface area (Å²) in [5, 5.41) is 11.1. The molecule has 0 spiro atoms. The van der Waals surface area contributed by atoms with E-state index in [0.29, 0.717) is 5.56 Å². The number of carbonyl (C=O) groups excluding carboxylic acids is 1. The summed E-state index contributed by atoms with van der Waals surface area (Å²) in [7, 11) is 0. The Morgan fingerprint density at radius 2 is 1.62 bits per heavy atom. The summed E-state index contributed by atoms with van der Waals surface area (Å²) in [5.74, 6) is -0.555. The molecule has 0 unspecified atom stereocenters. The number of amides is 1. The Morgan fingerprint density at radius 1 is 0.885 bits per heavy atom. The molecule has 3 aromatic rings. The van der Waals surface area contributed by atoms with Crippen LogP contribution in [0.15, 0.2) is 78.9 Å². The van der Waals surface area contributed by atoms with Crippen molar-refractivity contribution in [2.45, 2.75) is 0 Å². The molecule has 0 aromatic heterocycles. The van der Waals surface area contributed by atoms with Crippen molar-refractivity contribution in [1.29, 1.82) is 0 Å². The molecule has 3 rings (SSSR count). The van der Waals surface area contributed by atoms with Crippen LogP contribution in [-0.2, 0) is 4.79 Å². The maximum absolute atomic E-state index is 11.2. The molecule has 0 saturated carbocycles. The average Bonchev–Trinajstić information content (AvgIpc) is 2.67. The predicted octanol–water partition coefficient (Wildman–Crippen LogP) is 4.43. The first-order valence-electron chi connectivity index (χ1n) is 7.96. The summed E-state index contributed by atoms with van der Waals surface area (Å²) >= 11 is 0. The molecule has 5 nitrogen and oxygen atoms in total. The normalized spacial score (nSPS) is 10.8. The third kappa shape index (κ3) is 3.84. The number of nitrogens with two attached hydrogens (primary N) is 1. The summed E-state index contributed by atoms with van der Waals surface area (Å²) in [4.78, 5) is 21.8. The Hall–Kier alpha value is -3.73. The number of carbonyl (C=O) groups is 1. The van der Waals surface area contributed by atoms with E-state index in [-0.39, 0.29) is 5.69 Å². The second-order valence-electron chi connectivity index (χ2n) is 5.71. The maximum Gasteiger partial charge on any atom is 0.270 e. The Morgan fingerprint density at radius 3 is 2.31 bits per heavy atom. The van der Waals surface area contributed by atoms with Crippen molar-refractivity contribution in [3.05, 3.63) is 94.6 Å². The van der Waals surface area contributed by atoms with Gasteiger partial charge in [0.15, 0.2) is 0 Å². The molecule has 0 fully saturated rings. The maximum atomic E-state index is 11.2. The quantitative estimate of drug-likeness (QED) is 0.422. The first-order chi connectivity index (χ1) is 12.5. The Kier molecular flexibility index (Phi) is 4.90. The van der Waals surface area contributed by atoms with Gasteiger partial charge in [-0.1, -0.05) is 54.6 Å². The van der Waals surface area contributed by atoms with Crippen molar-refractivity contribution in [2.75, 3.05) is 0 Å². The van der Waals surface area contributed by atoms with Gasteiger partial charge in [0.1, 0.15) is 0 Å². The van der Waals surface area contributed by atoms with Gasteiger partial charge in [0, 0.05) is 18.2 Å². The second-order valence-corrected chi connectivity index (χ2v) is 5.71. The highest BCUT2D eigenvalue weighted by molar-refractivity contribution is 5.92. The zero-order valence-electron chi connectivity index (χ0n) is 13.8. The molecule has 0 saturated heterocycles. The molecule has 1 amide bonds. The number of hydrogen-bond acceptors (Lipinski definition) is 3. The van der Waals surface area contributed by atoms with E-state index in [1.165, 1.54) is 18.2 Å². The fourth-order valence-corrected chi connectivity index (χ4v) is 2.73. The lowest BCUT2D eigenvalue weighted by Crippen LogP contribution is -2.05. The number of benzene rings is 3. The molecule has 0 radical (unpaired) electrons. The van der Waals surface area contributed by atoms with Crippen molar-refractivity contribution in [2.24, 2.45) is 5.73 Å². The van der Waals surface area contributed by atoms with Crippen LogP contribution in [0.5, 0.6) is 0 Å². The second kappa shape index (κ2) is 7.44. The number of nitro groups is 1. The SMILES string of the molecule is NC(=O)/C=C/c1cc(-c2ccccc2)ccc1-c1cccc([N+](=O)[O-])c1. The topological polar surface area (TPSA) is 86.2 Å². The summed E-state index contributed by atoms with van der Waals surface area (Å²) in [6.45, 7) is 0. The zero-order valence-corrected chi connectivity index (χ0v) is 13.8. The van der Waals surface area contributed by atoms with Crippen LogP contribution >= 0.6 is 0 Å². The van der Waals surface area contributed by atoms with Gasteiger partial charge < -0.3 is 5.73 Å². The average molecular weight is 344 g/mol. The van der Waals surface area contributed by atoms with Gasteiger partial charge in [0.25, 0.3) is 5.69 Å². The van der Waals surface area contributed by atoms with Crippen LogP contribution < -0.4 is 5.73 Å². The lowest BCUT2D eigenvalue weighted by Gasteiger charge is -2.10. The standard InChI is InChI=1S/C21H16N2O3/c22-21(24)12-10-18-13-16(15-5-2-1-3-6-15)9-11-20(18)17-7-4-8-19(14-17)23(25)26/h1-14H,(H2,22,24)/b12-10+. The third-order valence-electron chi connectivity index (χ3n) is 3.95. The largest absolute Gasteiger partial charge is 0.366 e. The van der Waals surface area contributed by atoms with Crippen molar-refractivity contribution in [1.82, 2.24) is 0 Å². The van der Waals surface area contributed by atoms with Gasteiger partial charge in [-0.15, -0.1) is 0 Å². The Bertz CT molecular complexity index is 995. The highest BCUT2D eigenvalue weighted by Crippen LogP contribution is 2.31. The number of nitrogens with zero attached hydrogens (tertiary/aromatic N) is 1. The summed E-state index contributed by atoms with van der Waals surface area (Å²) in [6.07, 6.45) is 2.91. The predicted molar refractivity (Wildman–Crippen MR) is 102 cm³/mol. The van der Waals surface area contributed by atoms with Crippen molar-refractivity contribution in [3.8, 4) is 22.3 Å². The monoisotopic (exact) mass is 344 g/mol. The third-order valence-corrected chi connectivity index (χ3v) is 3.95. The molecular formula is C21H16N2O3. The van der Waals surface area contributed by atoms with Gasteiger partial charge in [-0.3, -0.25) is 14.9 Å². The summed E-state index contributed by atoms with van der Waals surface area (Å²) in [6, 6.07) is 22.0. The Labute approximate surface area is 150 Å². The molecule has 2 N–H and O–H groups in total. The van der Waals surface area contributed by atoms with E-state index in [0.717, 1.165) is 22.3 Å². The van der Waals surface area contributed by atoms with Crippen LogP contribution in [0.2, 0.25) is 0 Å². The minimum atomic E-state index is -0.555. The molecule has 0 aliphatic heterocycles. The van der Waals surface area contributed by atoms with Crippen molar-refractivity contribution in [3.63, 3.8) is 0 Å². The van der Waals surface area contributed by atoms with E-state index in [4.69, 9.17) is 5.73 Å². The van der Waals surface area contributed by atoms with Gasteiger partial charge in [-0.05, 0) is 40.0 Å². The molecule has 3 aromatic carbocycles. The minimum Gasteiger partial charge on any atom is -0.366 e. The van der Waals surface area contributed by atoms with Crippen LogP contribution in [-0.4, -0.2) is 10.8 Å². The van der Waals surface area contributed by atoms with Crippen LogP contribution in [0, 0.1) is 10.1 Å². The molecule has 0 aliphatic rings. The Balaban J connectivity index is 2.14. The van der Waals surface area contributed by atoms with E-state index in [1.807, 2.05) is 48.5 Å². The number of primary amides is 1. The number of non-ortho nitro benzene ring substituents is 1. The molecule has 0 aliphatic carbocycles. The van der Waals surface area contributed by atoms with Gasteiger partial charge in [-0.25, -0.2) is 0 Å². The van der Waals surface area contributed by atoms with E-state index < -0.39 is 10.8 Å². The molecule has 26 heavy (non-hydrogen) atoms. The van der Waals surface area contributed by atoms with Crippen LogP contribution in [0.1, 0.15) is 5.56 Å². The summed E-state index contributed by atoms with van der Waals surface area (Å²) < 4.78 is 0. The zero-order chi connectivity index (χ0) is 18.5. The minimum absolute atomic E-state index is 0.0134. The van der Waals surface area contributed by atoms with Crippen LogP contribution in [0.3, 0.4) is 0 Å².